The van der Waals surface area contributed by atoms with Crippen molar-refractivity contribution >= 4 is 17.5 Å². The minimum atomic E-state index is 0.108. The molecule has 2 N–H and O–H groups in total. The molecule has 0 aromatic heterocycles. The molecule has 1 heterocycles. The van der Waals surface area contributed by atoms with Crippen LogP contribution in [0.3, 0.4) is 0 Å². The van der Waals surface area contributed by atoms with Crippen molar-refractivity contribution in [2.75, 3.05) is 13.7 Å². The molecule has 0 radical (unpaired) electrons. The summed E-state index contributed by atoms with van der Waals surface area (Å²) in [5.74, 6) is 0.806. The Morgan fingerprint density at radius 2 is 2.30 bits per heavy atom. The molecule has 1 amide bonds. The first-order chi connectivity index (χ1) is 9.51. The van der Waals surface area contributed by atoms with E-state index in [-0.39, 0.29) is 18.0 Å². The summed E-state index contributed by atoms with van der Waals surface area (Å²) in [5, 5.41) is 0.569. The molecule has 20 heavy (non-hydrogen) atoms. The summed E-state index contributed by atoms with van der Waals surface area (Å²) in [6.07, 6.45) is 2.05. The smallest absolute Gasteiger partial charge is 0.227 e. The zero-order valence-electron chi connectivity index (χ0n) is 11.9. The van der Waals surface area contributed by atoms with E-state index in [4.69, 9.17) is 22.1 Å². The number of hydrogen-bond acceptors (Lipinski definition) is 3. The summed E-state index contributed by atoms with van der Waals surface area (Å²) >= 11 is 6.18. The minimum Gasteiger partial charge on any atom is -0.497 e. The van der Waals surface area contributed by atoms with Gasteiger partial charge in [0.15, 0.2) is 0 Å². The van der Waals surface area contributed by atoms with Crippen molar-refractivity contribution in [2.24, 2.45) is 5.73 Å². The van der Waals surface area contributed by atoms with Gasteiger partial charge in [-0.25, -0.2) is 0 Å². The summed E-state index contributed by atoms with van der Waals surface area (Å²) in [6.45, 7) is 2.78. The lowest BCUT2D eigenvalue weighted by Crippen LogP contribution is -2.48. The van der Waals surface area contributed by atoms with Crippen molar-refractivity contribution in [3.8, 4) is 5.75 Å². The maximum atomic E-state index is 12.4. The molecule has 0 spiro atoms. The molecule has 1 aliphatic heterocycles. The van der Waals surface area contributed by atoms with Crippen LogP contribution in [0.2, 0.25) is 5.02 Å². The second-order valence-corrected chi connectivity index (χ2v) is 5.76. The van der Waals surface area contributed by atoms with Crippen LogP contribution in [-0.4, -0.2) is 36.5 Å². The molecule has 4 nitrogen and oxygen atoms in total. The van der Waals surface area contributed by atoms with Gasteiger partial charge in [-0.15, -0.1) is 0 Å². The Balaban J connectivity index is 2.04. The zero-order valence-corrected chi connectivity index (χ0v) is 12.7. The molecule has 1 fully saturated rings. The molecule has 1 aliphatic rings. The number of carbonyl (C=O) groups excluding carboxylic acids is 1. The fraction of sp³-hybridized carbons (Fsp3) is 0.533. The van der Waals surface area contributed by atoms with Gasteiger partial charge < -0.3 is 15.4 Å². The maximum absolute atomic E-state index is 12.4. The molecule has 0 unspecified atom stereocenters. The van der Waals surface area contributed by atoms with E-state index in [1.165, 1.54) is 0 Å². The SMILES string of the molecule is COc1ccc(CC(=O)N2CC[C@H](N)C[C@@H]2C)c(Cl)c1. The van der Waals surface area contributed by atoms with Crippen molar-refractivity contribution in [3.05, 3.63) is 28.8 Å². The van der Waals surface area contributed by atoms with E-state index in [1.54, 1.807) is 13.2 Å². The Hall–Kier alpha value is -1.26. The van der Waals surface area contributed by atoms with Gasteiger partial charge in [0.25, 0.3) is 0 Å². The topological polar surface area (TPSA) is 55.6 Å². The third kappa shape index (κ3) is 3.44. The fourth-order valence-corrected chi connectivity index (χ4v) is 2.88. The number of halogens is 1. The first-order valence-electron chi connectivity index (χ1n) is 6.88. The number of ether oxygens (including phenoxy) is 1. The molecule has 1 aromatic rings. The standard InChI is InChI=1S/C15H21ClN2O2/c1-10-7-12(17)5-6-18(10)15(19)8-11-3-4-13(20-2)9-14(11)16/h3-4,9-10,12H,5-8,17H2,1-2H3/t10-,12-/m0/s1. The average molecular weight is 297 g/mol. The molecule has 2 atom stereocenters. The van der Waals surface area contributed by atoms with E-state index in [0.717, 1.165) is 24.9 Å². The normalized spacial score (nSPS) is 22.7. The highest BCUT2D eigenvalue weighted by atomic mass is 35.5. The summed E-state index contributed by atoms with van der Waals surface area (Å²) in [4.78, 5) is 14.3. The van der Waals surface area contributed by atoms with Crippen LogP contribution in [-0.2, 0) is 11.2 Å². The van der Waals surface area contributed by atoms with Gasteiger partial charge in [-0.1, -0.05) is 17.7 Å². The zero-order chi connectivity index (χ0) is 14.7. The predicted octanol–water partition coefficient (Wildman–Crippen LogP) is 2.23. The summed E-state index contributed by atoms with van der Waals surface area (Å²) in [6, 6.07) is 5.81. The highest BCUT2D eigenvalue weighted by Crippen LogP contribution is 2.24. The molecule has 110 valence electrons. The first kappa shape index (κ1) is 15.1. The highest BCUT2D eigenvalue weighted by molar-refractivity contribution is 6.31. The first-order valence-corrected chi connectivity index (χ1v) is 7.26. The molecule has 1 aromatic carbocycles. The van der Waals surface area contributed by atoms with Crippen LogP contribution in [0, 0.1) is 0 Å². The van der Waals surface area contributed by atoms with Gasteiger partial charge in [-0.3, -0.25) is 4.79 Å². The average Bonchev–Trinajstić information content (AvgIpc) is 2.40. The highest BCUT2D eigenvalue weighted by Gasteiger charge is 2.27. The number of rotatable bonds is 3. The lowest BCUT2D eigenvalue weighted by molar-refractivity contribution is -0.133. The third-order valence-electron chi connectivity index (χ3n) is 3.84. The van der Waals surface area contributed by atoms with Crippen LogP contribution in [0.5, 0.6) is 5.75 Å². The fourth-order valence-electron chi connectivity index (χ4n) is 2.64. The molecular weight excluding hydrogens is 276 g/mol. The molecule has 0 aliphatic carbocycles. The summed E-state index contributed by atoms with van der Waals surface area (Å²) in [5.41, 5.74) is 6.76. The van der Waals surface area contributed by atoms with E-state index in [9.17, 15) is 4.79 Å². The van der Waals surface area contributed by atoms with Gasteiger partial charge in [-0.05, 0) is 37.5 Å². The summed E-state index contributed by atoms with van der Waals surface area (Å²) in [7, 11) is 1.59. The van der Waals surface area contributed by atoms with E-state index in [2.05, 4.69) is 0 Å². The number of hydrogen-bond donors (Lipinski definition) is 1. The Kier molecular flexibility index (Phi) is 4.89. The monoisotopic (exact) mass is 296 g/mol. The van der Waals surface area contributed by atoms with Gasteiger partial charge >= 0.3 is 0 Å². The number of likely N-dealkylation sites (tertiary alicyclic amines) is 1. The van der Waals surface area contributed by atoms with E-state index < -0.39 is 0 Å². The number of methoxy groups -OCH3 is 1. The second-order valence-electron chi connectivity index (χ2n) is 5.35. The number of nitrogens with zero attached hydrogens (tertiary/aromatic N) is 1. The number of carbonyl (C=O) groups is 1. The minimum absolute atomic E-state index is 0.108. The molecule has 2 rings (SSSR count). The molecule has 0 saturated carbocycles. The van der Waals surface area contributed by atoms with Gasteiger partial charge in [0.05, 0.1) is 13.5 Å². The van der Waals surface area contributed by atoms with Crippen molar-refractivity contribution in [2.45, 2.75) is 38.3 Å². The molecule has 5 heteroatoms. The lowest BCUT2D eigenvalue weighted by Gasteiger charge is -2.36. The van der Waals surface area contributed by atoms with Gasteiger partial charge in [0, 0.05) is 23.7 Å². The maximum Gasteiger partial charge on any atom is 0.227 e. The van der Waals surface area contributed by atoms with Crippen LogP contribution in [0.15, 0.2) is 18.2 Å². The van der Waals surface area contributed by atoms with E-state index in [0.29, 0.717) is 17.2 Å². The Labute approximate surface area is 124 Å². The molecule has 1 saturated heterocycles. The largest absolute Gasteiger partial charge is 0.497 e. The van der Waals surface area contributed by atoms with Crippen LogP contribution >= 0.6 is 11.6 Å². The molecular formula is C15H21ClN2O2. The quantitative estimate of drug-likeness (QED) is 0.930. The van der Waals surface area contributed by atoms with Crippen LogP contribution < -0.4 is 10.5 Å². The summed E-state index contributed by atoms with van der Waals surface area (Å²) < 4.78 is 5.11. The van der Waals surface area contributed by atoms with Crippen molar-refractivity contribution < 1.29 is 9.53 Å². The van der Waals surface area contributed by atoms with Crippen molar-refractivity contribution in [1.82, 2.24) is 4.90 Å². The van der Waals surface area contributed by atoms with Crippen molar-refractivity contribution in [1.29, 1.82) is 0 Å². The Morgan fingerprint density at radius 1 is 1.55 bits per heavy atom. The lowest BCUT2D eigenvalue weighted by atomic mass is 9.98. The number of amides is 1. The third-order valence-corrected chi connectivity index (χ3v) is 4.19. The van der Waals surface area contributed by atoms with E-state index >= 15 is 0 Å². The van der Waals surface area contributed by atoms with Gasteiger partial charge in [0.2, 0.25) is 5.91 Å². The predicted molar refractivity (Wildman–Crippen MR) is 80.1 cm³/mol. The van der Waals surface area contributed by atoms with Crippen LogP contribution in [0.25, 0.3) is 0 Å². The van der Waals surface area contributed by atoms with E-state index in [1.807, 2.05) is 24.0 Å². The van der Waals surface area contributed by atoms with Crippen LogP contribution in [0.1, 0.15) is 25.3 Å². The number of benzene rings is 1. The second kappa shape index (κ2) is 6.46. The molecule has 0 bridgehead atoms. The van der Waals surface area contributed by atoms with Crippen molar-refractivity contribution in [3.63, 3.8) is 0 Å². The number of nitrogens with two attached hydrogens (primary N) is 1. The van der Waals surface area contributed by atoms with Gasteiger partial charge in [0.1, 0.15) is 5.75 Å². The van der Waals surface area contributed by atoms with Crippen LogP contribution in [0.4, 0.5) is 0 Å². The number of piperidine rings is 1. The Bertz CT molecular complexity index is 493. The Morgan fingerprint density at radius 3 is 2.90 bits per heavy atom. The van der Waals surface area contributed by atoms with Gasteiger partial charge in [-0.2, -0.15) is 0 Å².